The summed E-state index contributed by atoms with van der Waals surface area (Å²) in [7, 11) is 0. The second-order valence-electron chi connectivity index (χ2n) is 6.80. The first kappa shape index (κ1) is 18.4. The van der Waals surface area contributed by atoms with Gasteiger partial charge in [-0.25, -0.2) is 0 Å². The van der Waals surface area contributed by atoms with Crippen molar-refractivity contribution in [3.05, 3.63) is 59.4 Å². The average Bonchev–Trinajstić information content (AvgIpc) is 2.67. The molecule has 1 aromatic carbocycles. The summed E-state index contributed by atoms with van der Waals surface area (Å²) in [4.78, 5) is 21.1. The summed E-state index contributed by atoms with van der Waals surface area (Å²) >= 11 is 0. The van der Waals surface area contributed by atoms with Crippen LogP contribution in [-0.4, -0.2) is 60.0 Å². The van der Waals surface area contributed by atoms with Gasteiger partial charge in [0.1, 0.15) is 5.75 Å². The van der Waals surface area contributed by atoms with Gasteiger partial charge in [0.05, 0.1) is 0 Å². The standard InChI is InChI=1S/C21H27N3O2/c1-17-6-5-7-18(2)21(17)26-16-20(25)24-14-12-23(13-15-24)11-9-19-8-3-4-10-22-19/h3-8,10H,9,11-16H2,1-2H3. The third-order valence-electron chi connectivity index (χ3n) is 4.88. The summed E-state index contributed by atoms with van der Waals surface area (Å²) in [5.41, 5.74) is 3.25. The van der Waals surface area contributed by atoms with Crippen LogP contribution < -0.4 is 4.74 Å². The van der Waals surface area contributed by atoms with Crippen molar-refractivity contribution in [1.29, 1.82) is 0 Å². The van der Waals surface area contributed by atoms with E-state index in [9.17, 15) is 4.79 Å². The molecule has 1 amide bonds. The molecule has 26 heavy (non-hydrogen) atoms. The lowest BCUT2D eigenvalue weighted by Crippen LogP contribution is -2.50. The molecule has 1 saturated heterocycles. The lowest BCUT2D eigenvalue weighted by molar-refractivity contribution is -0.135. The molecule has 1 aliphatic heterocycles. The highest BCUT2D eigenvalue weighted by molar-refractivity contribution is 5.78. The Morgan fingerprint density at radius 1 is 1.04 bits per heavy atom. The molecule has 5 nitrogen and oxygen atoms in total. The van der Waals surface area contributed by atoms with Gasteiger partial charge < -0.3 is 9.64 Å². The van der Waals surface area contributed by atoms with E-state index in [1.807, 2.05) is 55.3 Å². The van der Waals surface area contributed by atoms with Crippen LogP contribution in [0.1, 0.15) is 16.8 Å². The Hall–Kier alpha value is -2.40. The highest BCUT2D eigenvalue weighted by atomic mass is 16.5. The third kappa shape index (κ3) is 4.82. The summed E-state index contributed by atoms with van der Waals surface area (Å²) in [5.74, 6) is 0.895. The summed E-state index contributed by atoms with van der Waals surface area (Å²) < 4.78 is 5.80. The molecule has 1 aromatic heterocycles. The second kappa shape index (κ2) is 8.81. The van der Waals surface area contributed by atoms with Crippen molar-refractivity contribution < 1.29 is 9.53 Å². The zero-order valence-electron chi connectivity index (χ0n) is 15.6. The number of rotatable bonds is 6. The Balaban J connectivity index is 1.42. The average molecular weight is 353 g/mol. The molecule has 1 fully saturated rings. The number of carbonyl (C=O) groups is 1. The highest BCUT2D eigenvalue weighted by Gasteiger charge is 2.21. The number of aryl methyl sites for hydroxylation is 2. The molecule has 0 N–H and O–H groups in total. The Morgan fingerprint density at radius 3 is 2.42 bits per heavy atom. The molecule has 1 aliphatic rings. The number of nitrogens with zero attached hydrogens (tertiary/aromatic N) is 3. The molecular formula is C21H27N3O2. The fraction of sp³-hybridized carbons (Fsp3) is 0.429. The van der Waals surface area contributed by atoms with Gasteiger partial charge in [-0.3, -0.25) is 14.7 Å². The molecule has 0 atom stereocenters. The van der Waals surface area contributed by atoms with Gasteiger partial charge in [0.2, 0.25) is 0 Å². The van der Waals surface area contributed by atoms with Gasteiger partial charge in [0.25, 0.3) is 5.91 Å². The van der Waals surface area contributed by atoms with E-state index >= 15 is 0 Å². The van der Waals surface area contributed by atoms with E-state index in [4.69, 9.17) is 4.74 Å². The zero-order valence-corrected chi connectivity index (χ0v) is 15.6. The molecule has 3 rings (SSSR count). The largest absolute Gasteiger partial charge is 0.483 e. The van der Waals surface area contributed by atoms with Crippen molar-refractivity contribution in [3.63, 3.8) is 0 Å². The van der Waals surface area contributed by atoms with Gasteiger partial charge in [-0.05, 0) is 37.1 Å². The molecule has 2 aromatic rings. The molecule has 0 radical (unpaired) electrons. The van der Waals surface area contributed by atoms with Crippen LogP contribution in [0, 0.1) is 13.8 Å². The van der Waals surface area contributed by atoms with E-state index in [1.54, 1.807) is 0 Å². The van der Waals surface area contributed by atoms with Crippen LogP contribution in [0.5, 0.6) is 5.75 Å². The Kier molecular flexibility index (Phi) is 6.23. The molecule has 0 bridgehead atoms. The first-order valence-corrected chi connectivity index (χ1v) is 9.22. The monoisotopic (exact) mass is 353 g/mol. The predicted molar refractivity (Wildman–Crippen MR) is 102 cm³/mol. The van der Waals surface area contributed by atoms with Crippen molar-refractivity contribution in [2.24, 2.45) is 0 Å². The van der Waals surface area contributed by atoms with Gasteiger partial charge >= 0.3 is 0 Å². The molecule has 0 saturated carbocycles. The molecule has 138 valence electrons. The quantitative estimate of drug-likeness (QED) is 0.800. The fourth-order valence-corrected chi connectivity index (χ4v) is 3.29. The minimum Gasteiger partial charge on any atom is -0.483 e. The fourth-order valence-electron chi connectivity index (χ4n) is 3.29. The van der Waals surface area contributed by atoms with Crippen LogP contribution in [0.15, 0.2) is 42.6 Å². The lowest BCUT2D eigenvalue weighted by Gasteiger charge is -2.34. The Bertz CT molecular complexity index is 705. The van der Waals surface area contributed by atoms with E-state index < -0.39 is 0 Å². The minimum absolute atomic E-state index is 0.0667. The number of piperazine rings is 1. The highest BCUT2D eigenvalue weighted by Crippen LogP contribution is 2.22. The number of pyridine rings is 1. The SMILES string of the molecule is Cc1cccc(C)c1OCC(=O)N1CCN(CCc2ccccn2)CC1. The lowest BCUT2D eigenvalue weighted by atomic mass is 10.1. The maximum Gasteiger partial charge on any atom is 0.260 e. The maximum absolute atomic E-state index is 12.5. The molecule has 0 aliphatic carbocycles. The molecule has 0 unspecified atom stereocenters. The van der Waals surface area contributed by atoms with Gasteiger partial charge in [0.15, 0.2) is 6.61 Å². The van der Waals surface area contributed by atoms with Crippen LogP contribution in [0.2, 0.25) is 0 Å². The maximum atomic E-state index is 12.5. The van der Waals surface area contributed by atoms with E-state index in [0.717, 1.165) is 61.7 Å². The smallest absolute Gasteiger partial charge is 0.260 e. The number of hydrogen-bond donors (Lipinski definition) is 0. The molecular weight excluding hydrogens is 326 g/mol. The Labute approximate surface area is 155 Å². The van der Waals surface area contributed by atoms with Gasteiger partial charge in [-0.2, -0.15) is 0 Å². The summed E-state index contributed by atoms with van der Waals surface area (Å²) in [6.07, 6.45) is 2.78. The Morgan fingerprint density at radius 2 is 1.77 bits per heavy atom. The third-order valence-corrected chi connectivity index (χ3v) is 4.88. The normalized spacial score (nSPS) is 15.1. The number of ether oxygens (including phenoxy) is 1. The molecule has 0 spiro atoms. The van der Waals surface area contributed by atoms with Crippen molar-refractivity contribution in [1.82, 2.24) is 14.8 Å². The van der Waals surface area contributed by atoms with Crippen molar-refractivity contribution in [3.8, 4) is 5.75 Å². The topological polar surface area (TPSA) is 45.7 Å². The first-order chi connectivity index (χ1) is 12.6. The van der Waals surface area contributed by atoms with Gasteiger partial charge in [0, 0.05) is 51.0 Å². The van der Waals surface area contributed by atoms with Crippen LogP contribution in [0.4, 0.5) is 0 Å². The predicted octanol–water partition coefficient (Wildman–Crippen LogP) is 2.46. The van der Waals surface area contributed by atoms with Gasteiger partial charge in [-0.15, -0.1) is 0 Å². The van der Waals surface area contributed by atoms with E-state index in [-0.39, 0.29) is 12.5 Å². The van der Waals surface area contributed by atoms with Crippen LogP contribution in [0.3, 0.4) is 0 Å². The molecule has 5 heteroatoms. The molecule has 2 heterocycles. The number of benzene rings is 1. The van der Waals surface area contributed by atoms with Crippen molar-refractivity contribution >= 4 is 5.91 Å². The van der Waals surface area contributed by atoms with Crippen LogP contribution in [0.25, 0.3) is 0 Å². The zero-order chi connectivity index (χ0) is 18.4. The number of carbonyl (C=O) groups excluding carboxylic acids is 1. The number of amides is 1. The van der Waals surface area contributed by atoms with Crippen LogP contribution in [-0.2, 0) is 11.2 Å². The summed E-state index contributed by atoms with van der Waals surface area (Å²) in [5, 5.41) is 0. The number of para-hydroxylation sites is 1. The second-order valence-corrected chi connectivity index (χ2v) is 6.80. The van der Waals surface area contributed by atoms with Crippen molar-refractivity contribution in [2.45, 2.75) is 20.3 Å². The first-order valence-electron chi connectivity index (χ1n) is 9.22. The number of hydrogen-bond acceptors (Lipinski definition) is 4. The van der Waals surface area contributed by atoms with Crippen LogP contribution >= 0.6 is 0 Å². The number of aromatic nitrogens is 1. The van der Waals surface area contributed by atoms with E-state index in [0.29, 0.717) is 0 Å². The summed E-state index contributed by atoms with van der Waals surface area (Å²) in [6, 6.07) is 12.0. The van der Waals surface area contributed by atoms with E-state index in [1.165, 1.54) is 0 Å². The summed E-state index contributed by atoms with van der Waals surface area (Å²) in [6.45, 7) is 8.44. The van der Waals surface area contributed by atoms with E-state index in [2.05, 4.69) is 16.0 Å². The van der Waals surface area contributed by atoms with Crippen molar-refractivity contribution in [2.75, 3.05) is 39.3 Å². The minimum atomic E-state index is 0.0667. The van der Waals surface area contributed by atoms with Gasteiger partial charge in [-0.1, -0.05) is 24.3 Å².